The van der Waals surface area contributed by atoms with Crippen LogP contribution in [0.25, 0.3) is 0 Å². The Labute approximate surface area is 298 Å². The van der Waals surface area contributed by atoms with Crippen LogP contribution >= 0.6 is 0 Å². The quantitative estimate of drug-likeness (QED) is 0.285. The van der Waals surface area contributed by atoms with Crippen LogP contribution in [-0.2, 0) is 38.0 Å². The summed E-state index contributed by atoms with van der Waals surface area (Å²) in [7, 11) is 5.34. The number of methoxy groups -OCH3 is 1. The Morgan fingerprint density at radius 2 is 1.60 bits per heavy atom. The van der Waals surface area contributed by atoms with E-state index in [-0.39, 0.29) is 25.0 Å². The van der Waals surface area contributed by atoms with Crippen LogP contribution in [-0.4, -0.2) is 137 Å². The molecule has 0 aromatic heterocycles. The van der Waals surface area contributed by atoms with Crippen molar-refractivity contribution >= 4 is 5.97 Å². The molecule has 0 aromatic carbocycles. The minimum Gasteiger partial charge on any atom is -0.489 e. The molecule has 0 spiro atoms. The molecule has 4 aliphatic rings. The number of ether oxygens (including phenoxy) is 7. The Morgan fingerprint density at radius 3 is 2.18 bits per heavy atom. The van der Waals surface area contributed by atoms with Crippen molar-refractivity contribution in [1.82, 2.24) is 4.90 Å². The number of carbonyl (C=O) groups excluding carboxylic acids is 1. The highest BCUT2D eigenvalue weighted by molar-refractivity contribution is 5.73. The second-order valence-corrected chi connectivity index (χ2v) is 16.3. The van der Waals surface area contributed by atoms with Gasteiger partial charge in [-0.3, -0.25) is 4.79 Å². The molecule has 4 heterocycles. The van der Waals surface area contributed by atoms with Gasteiger partial charge in [-0.15, -0.1) is 0 Å². The van der Waals surface area contributed by atoms with Gasteiger partial charge >= 0.3 is 5.97 Å². The first kappa shape index (κ1) is 41.4. The number of fused-ring (bicyclic) bond motifs is 2. The first-order chi connectivity index (χ1) is 23.1. The molecule has 0 radical (unpaired) electrons. The number of likely N-dealkylation sites (N-methyl/N-ethyl adjacent to an activating group) is 1. The maximum absolute atomic E-state index is 14.1. The van der Waals surface area contributed by atoms with Crippen molar-refractivity contribution in [3.05, 3.63) is 11.3 Å². The van der Waals surface area contributed by atoms with Crippen LogP contribution in [0, 0.1) is 17.8 Å². The molecule has 0 aromatic rings. The Hall–Kier alpha value is -1.39. The smallest absolute Gasteiger partial charge is 0.311 e. The zero-order valence-electron chi connectivity index (χ0n) is 32.4. The molecule has 13 nitrogen and oxygen atoms in total. The summed E-state index contributed by atoms with van der Waals surface area (Å²) in [4.78, 5) is 16.1. The summed E-state index contributed by atoms with van der Waals surface area (Å²) >= 11 is 0. The van der Waals surface area contributed by atoms with E-state index in [2.05, 4.69) is 0 Å². The molecule has 0 saturated carbocycles. The van der Waals surface area contributed by atoms with Crippen LogP contribution < -0.4 is 0 Å². The van der Waals surface area contributed by atoms with Crippen LogP contribution in [0.3, 0.4) is 0 Å². The molecule has 4 rings (SSSR count). The monoisotopic (exact) mass is 715 g/mol. The third-order valence-electron chi connectivity index (χ3n) is 12.0. The predicted molar refractivity (Wildman–Crippen MR) is 184 cm³/mol. The van der Waals surface area contributed by atoms with E-state index in [9.17, 15) is 25.2 Å². The average molecular weight is 716 g/mol. The number of nitrogens with zero attached hydrogens (tertiary/aromatic N) is 1. The summed E-state index contributed by atoms with van der Waals surface area (Å²) in [6.07, 6.45) is -7.39. The molecule has 17 atom stereocenters. The molecule has 0 amide bonds. The van der Waals surface area contributed by atoms with Crippen molar-refractivity contribution in [1.29, 1.82) is 0 Å². The van der Waals surface area contributed by atoms with E-state index >= 15 is 0 Å². The van der Waals surface area contributed by atoms with E-state index in [1.54, 1.807) is 34.6 Å². The summed E-state index contributed by atoms with van der Waals surface area (Å²) in [5.41, 5.74) is -3.00. The molecular formula is C37H65NO12. The summed E-state index contributed by atoms with van der Waals surface area (Å²) in [5.74, 6) is -2.31. The minimum absolute atomic E-state index is 0.173. The first-order valence-electron chi connectivity index (χ1n) is 18.3. The first-order valence-corrected chi connectivity index (χ1v) is 18.3. The highest BCUT2D eigenvalue weighted by Crippen LogP contribution is 2.47. The lowest BCUT2D eigenvalue weighted by Gasteiger charge is -2.48. The van der Waals surface area contributed by atoms with E-state index in [4.69, 9.17) is 33.2 Å². The Balaban J connectivity index is 1.84. The van der Waals surface area contributed by atoms with Gasteiger partial charge in [0.25, 0.3) is 0 Å². The summed E-state index contributed by atoms with van der Waals surface area (Å²) in [6, 6.07) is -0.235. The van der Waals surface area contributed by atoms with Gasteiger partial charge in [-0.1, -0.05) is 20.8 Å². The van der Waals surface area contributed by atoms with Gasteiger partial charge in [0.1, 0.15) is 41.4 Å². The summed E-state index contributed by atoms with van der Waals surface area (Å²) in [5, 5.41) is 45.9. The fourth-order valence-corrected chi connectivity index (χ4v) is 8.73. The third kappa shape index (κ3) is 7.93. The van der Waals surface area contributed by atoms with E-state index in [0.717, 1.165) is 5.57 Å². The van der Waals surface area contributed by atoms with Gasteiger partial charge in [-0.2, -0.15) is 0 Å². The van der Waals surface area contributed by atoms with Gasteiger partial charge in [0.15, 0.2) is 12.6 Å². The largest absolute Gasteiger partial charge is 0.489 e. The second kappa shape index (κ2) is 15.5. The number of hydrogen-bond acceptors (Lipinski definition) is 13. The number of aliphatic hydroxyl groups is 4. The normalized spacial score (nSPS) is 49.5. The molecule has 0 aliphatic carbocycles. The average Bonchev–Trinajstić information content (AvgIpc) is 3.37. The summed E-state index contributed by atoms with van der Waals surface area (Å²) < 4.78 is 44.6. The van der Waals surface area contributed by atoms with Crippen LogP contribution in [0.2, 0.25) is 0 Å². The fourth-order valence-electron chi connectivity index (χ4n) is 8.73. The Bertz CT molecular complexity index is 1210. The Kier molecular flexibility index (Phi) is 12.8. The standard InChI is InChI=1S/C37H65NO12/c1-14-25-37(10,43)30(40)20(4)28-18(2)16-36(9,50-28)32(49-34-27(39)24(38(11)12)15-19(3)45-34)21(5)29(22(6)33(42)47-25)48-26-17-35(8,44-13)31(41)23(7)46-26/h19-27,29-32,34,39-41,43H,14-17H2,1-13H3/t19?,20-,21-,22+,23?,24?,25+,26?,27?,29-,30+,31?,32+,34?,35?,36?,37?/m0/s1. The van der Waals surface area contributed by atoms with Crippen molar-refractivity contribution in [3.8, 4) is 0 Å². The van der Waals surface area contributed by atoms with Crippen LogP contribution in [0.5, 0.6) is 0 Å². The van der Waals surface area contributed by atoms with Gasteiger partial charge in [0.05, 0.1) is 35.9 Å². The van der Waals surface area contributed by atoms with Crippen molar-refractivity contribution in [2.75, 3.05) is 21.2 Å². The van der Waals surface area contributed by atoms with E-state index in [0.29, 0.717) is 18.6 Å². The number of hydrogen-bond donors (Lipinski definition) is 4. The maximum Gasteiger partial charge on any atom is 0.311 e. The molecular weight excluding hydrogens is 650 g/mol. The van der Waals surface area contributed by atoms with E-state index < -0.39 is 95.8 Å². The fraction of sp³-hybridized carbons (Fsp3) is 0.919. The van der Waals surface area contributed by atoms with Crippen molar-refractivity contribution < 1.29 is 58.4 Å². The number of aliphatic hydroxyl groups excluding tert-OH is 3. The maximum atomic E-state index is 14.1. The predicted octanol–water partition coefficient (Wildman–Crippen LogP) is 2.89. The van der Waals surface area contributed by atoms with E-state index in [1.807, 2.05) is 46.7 Å². The number of esters is 1. The highest BCUT2D eigenvalue weighted by atomic mass is 16.7. The molecule has 2 bridgehead atoms. The lowest BCUT2D eigenvalue weighted by atomic mass is 9.78. The van der Waals surface area contributed by atoms with Gasteiger partial charge in [0.2, 0.25) is 0 Å². The Morgan fingerprint density at radius 1 is 0.960 bits per heavy atom. The van der Waals surface area contributed by atoms with Crippen LogP contribution in [0.4, 0.5) is 0 Å². The zero-order chi connectivity index (χ0) is 37.7. The van der Waals surface area contributed by atoms with E-state index in [1.165, 1.54) is 14.0 Å². The lowest BCUT2D eigenvalue weighted by molar-refractivity contribution is -0.316. The minimum atomic E-state index is -1.82. The van der Waals surface area contributed by atoms with Crippen molar-refractivity contribution in [2.45, 2.75) is 179 Å². The number of carbonyl (C=O) groups is 1. The van der Waals surface area contributed by atoms with Gasteiger partial charge in [-0.25, -0.2) is 0 Å². The molecule has 10 unspecified atom stereocenters. The van der Waals surface area contributed by atoms with Gasteiger partial charge in [0, 0.05) is 37.8 Å². The topological polar surface area (TPSA) is 166 Å². The molecule has 3 saturated heterocycles. The molecule has 4 N–H and O–H groups in total. The number of cyclic esters (lactones) is 1. The highest BCUT2D eigenvalue weighted by Gasteiger charge is 2.56. The third-order valence-corrected chi connectivity index (χ3v) is 12.0. The van der Waals surface area contributed by atoms with Crippen LogP contribution in [0.1, 0.15) is 94.9 Å². The SMILES string of the molecule is CC[C@H]1OC(=O)[C@H](C)[C@@H](OC2CC(C)(OC)C(O)C(C)O2)[C@H](C)[C@@H](OC2OC(C)CC(N(C)C)C2O)C2(C)CC(C)=C(O2)[C@H](C)[C@@H](O)C1(C)O. The summed E-state index contributed by atoms with van der Waals surface area (Å²) in [6.45, 7) is 18.0. The van der Waals surface area contributed by atoms with Gasteiger partial charge < -0.3 is 58.5 Å². The molecule has 50 heavy (non-hydrogen) atoms. The number of rotatable bonds is 7. The van der Waals surface area contributed by atoms with Crippen molar-refractivity contribution in [2.24, 2.45) is 17.8 Å². The second-order valence-electron chi connectivity index (χ2n) is 16.3. The molecule has 290 valence electrons. The molecule has 4 aliphatic heterocycles. The van der Waals surface area contributed by atoms with Gasteiger partial charge in [-0.05, 0) is 81.0 Å². The molecule has 13 heteroatoms. The molecule has 3 fully saturated rings. The van der Waals surface area contributed by atoms with Crippen molar-refractivity contribution in [3.63, 3.8) is 0 Å². The zero-order valence-corrected chi connectivity index (χ0v) is 32.4. The lowest BCUT2D eigenvalue weighted by Crippen LogP contribution is -2.60. The van der Waals surface area contributed by atoms with Crippen LogP contribution in [0.15, 0.2) is 11.3 Å².